The second-order valence-electron chi connectivity index (χ2n) is 8.14. The van der Waals surface area contributed by atoms with Gasteiger partial charge in [0.05, 0.1) is 35.5 Å². The van der Waals surface area contributed by atoms with Crippen molar-refractivity contribution in [2.24, 2.45) is 0 Å². The van der Waals surface area contributed by atoms with Gasteiger partial charge in [-0.1, -0.05) is 12.1 Å². The number of aromatic nitrogens is 5. The maximum absolute atomic E-state index is 15.0. The molecule has 186 valence electrons. The van der Waals surface area contributed by atoms with E-state index in [1.54, 1.807) is 24.3 Å². The molecule has 0 fully saturated rings. The first-order chi connectivity index (χ1) is 17.9. The van der Waals surface area contributed by atoms with Gasteiger partial charge in [0, 0.05) is 18.3 Å². The Hall–Kier alpha value is -4.93. The number of ketones is 1. The fourth-order valence-corrected chi connectivity index (χ4v) is 3.83. The summed E-state index contributed by atoms with van der Waals surface area (Å²) in [5.41, 5.74) is 1.78. The van der Waals surface area contributed by atoms with Gasteiger partial charge in [-0.3, -0.25) is 4.79 Å². The molecule has 3 N–H and O–H groups in total. The molecule has 9 nitrogen and oxygen atoms in total. The smallest absolute Gasteiger partial charge is 0.226 e. The van der Waals surface area contributed by atoms with E-state index in [0.29, 0.717) is 28.4 Å². The molecule has 1 atom stereocenters. The molecule has 37 heavy (non-hydrogen) atoms. The lowest BCUT2D eigenvalue weighted by Gasteiger charge is -2.16. The first-order valence-corrected chi connectivity index (χ1v) is 11.3. The maximum atomic E-state index is 15.0. The summed E-state index contributed by atoms with van der Waals surface area (Å²) in [6, 6.07) is 12.0. The van der Waals surface area contributed by atoms with E-state index < -0.39 is 11.7 Å². The number of methoxy groups -OCH3 is 1. The number of hydrogen-bond donors (Lipinski definition) is 3. The molecule has 0 aliphatic rings. The van der Waals surface area contributed by atoms with Crippen molar-refractivity contribution in [2.45, 2.75) is 13.0 Å². The van der Waals surface area contributed by atoms with Crippen LogP contribution in [0.15, 0.2) is 67.3 Å². The summed E-state index contributed by atoms with van der Waals surface area (Å²) < 4.78 is 33.3. The molecule has 5 rings (SSSR count). The third-order valence-corrected chi connectivity index (χ3v) is 5.75. The summed E-state index contributed by atoms with van der Waals surface area (Å²) in [7, 11) is 1.51. The van der Waals surface area contributed by atoms with Crippen molar-refractivity contribution in [3.05, 3.63) is 95.7 Å². The molecule has 0 aliphatic carbocycles. The summed E-state index contributed by atoms with van der Waals surface area (Å²) in [5.74, 6) is -0.826. The highest BCUT2D eigenvalue weighted by Gasteiger charge is 2.23. The number of pyridine rings is 2. The Labute approximate surface area is 210 Å². The quantitative estimate of drug-likeness (QED) is 0.197. The summed E-state index contributed by atoms with van der Waals surface area (Å²) in [6.07, 6.45) is 4.33. The van der Waals surface area contributed by atoms with Crippen LogP contribution in [0, 0.1) is 11.8 Å². The van der Waals surface area contributed by atoms with Gasteiger partial charge in [-0.2, -0.15) is 4.39 Å². The minimum absolute atomic E-state index is 0.185. The predicted molar refractivity (Wildman–Crippen MR) is 134 cm³/mol. The van der Waals surface area contributed by atoms with Crippen LogP contribution in [0.1, 0.15) is 34.5 Å². The van der Waals surface area contributed by atoms with Crippen molar-refractivity contribution in [1.29, 1.82) is 0 Å². The van der Waals surface area contributed by atoms with Gasteiger partial charge in [0.25, 0.3) is 0 Å². The number of anilines is 3. The number of fused-ring (bicyclic) bond motifs is 1. The van der Waals surface area contributed by atoms with Crippen LogP contribution >= 0.6 is 0 Å². The van der Waals surface area contributed by atoms with Gasteiger partial charge in [0.15, 0.2) is 5.78 Å². The first-order valence-electron chi connectivity index (χ1n) is 11.3. The average Bonchev–Trinajstić information content (AvgIpc) is 3.34. The van der Waals surface area contributed by atoms with E-state index in [0.717, 1.165) is 5.56 Å². The Bertz CT molecular complexity index is 1570. The highest BCUT2D eigenvalue weighted by Crippen LogP contribution is 2.29. The van der Waals surface area contributed by atoms with Gasteiger partial charge in [-0.25, -0.2) is 24.3 Å². The molecule has 0 saturated heterocycles. The largest absolute Gasteiger partial charge is 0.481 e. The number of nitrogens with one attached hydrogen (secondary N) is 3. The van der Waals surface area contributed by atoms with Crippen LogP contribution in [0.3, 0.4) is 0 Å². The predicted octanol–water partition coefficient (Wildman–Crippen LogP) is 5.18. The number of nitrogens with zero attached hydrogens (tertiary/aromatic N) is 4. The molecule has 1 aromatic carbocycles. The zero-order chi connectivity index (χ0) is 25.9. The molecular weight excluding hydrogens is 480 g/mol. The van der Waals surface area contributed by atoms with Gasteiger partial charge < -0.3 is 20.4 Å². The zero-order valence-corrected chi connectivity index (χ0v) is 19.8. The Kier molecular flexibility index (Phi) is 6.42. The number of carbonyl (C=O) groups is 1. The number of ether oxygens (including phenoxy) is 1. The molecular formula is C26H21F2N7O2. The molecule has 0 aliphatic heterocycles. The normalized spacial score (nSPS) is 11.8. The van der Waals surface area contributed by atoms with Crippen LogP contribution in [0.4, 0.5) is 26.1 Å². The van der Waals surface area contributed by atoms with Gasteiger partial charge in [0.2, 0.25) is 11.8 Å². The molecule has 0 amide bonds. The van der Waals surface area contributed by atoms with E-state index >= 15 is 0 Å². The Morgan fingerprint density at radius 3 is 2.51 bits per heavy atom. The number of benzene rings is 1. The van der Waals surface area contributed by atoms with Crippen molar-refractivity contribution in [3.63, 3.8) is 0 Å². The molecule has 0 saturated carbocycles. The number of carbonyl (C=O) groups excluding carboxylic acids is 1. The van der Waals surface area contributed by atoms with Crippen molar-refractivity contribution < 1.29 is 18.3 Å². The van der Waals surface area contributed by atoms with Gasteiger partial charge in [0.1, 0.15) is 29.4 Å². The standard InChI is InChI=1S/C26H21F2N7O2/c1-14(15-3-5-16(27)6-4-15)33-26-22-19(12-30-25(22)31-13-32-26)23(36)18-8-9-20(35-24(18)28)34-17-7-10-21(37-2)29-11-17/h3-14H,1-2H3,(H,34,35)(H2,30,31,32,33)/t14-/m0/s1. The second kappa shape index (κ2) is 9.97. The maximum Gasteiger partial charge on any atom is 0.226 e. The van der Waals surface area contributed by atoms with Crippen molar-refractivity contribution in [1.82, 2.24) is 24.9 Å². The number of hydrogen-bond acceptors (Lipinski definition) is 8. The lowest BCUT2D eigenvalue weighted by atomic mass is 10.0. The lowest BCUT2D eigenvalue weighted by molar-refractivity contribution is 0.103. The molecule has 0 unspecified atom stereocenters. The first kappa shape index (κ1) is 23.8. The summed E-state index contributed by atoms with van der Waals surface area (Å²) in [4.78, 5) is 32.7. The highest BCUT2D eigenvalue weighted by atomic mass is 19.1. The van der Waals surface area contributed by atoms with Crippen molar-refractivity contribution in [2.75, 3.05) is 17.7 Å². The third kappa shape index (κ3) is 4.92. The molecule has 4 aromatic heterocycles. The molecule has 0 bridgehead atoms. The molecule has 0 spiro atoms. The number of H-pyrrole nitrogens is 1. The fraction of sp³-hybridized carbons (Fsp3) is 0.115. The summed E-state index contributed by atoms with van der Waals surface area (Å²) in [5, 5.41) is 6.58. The van der Waals surface area contributed by atoms with E-state index in [1.165, 1.54) is 50.1 Å². The van der Waals surface area contributed by atoms with E-state index in [9.17, 15) is 13.6 Å². The lowest BCUT2D eigenvalue weighted by Crippen LogP contribution is -2.11. The number of halogens is 2. The summed E-state index contributed by atoms with van der Waals surface area (Å²) >= 11 is 0. The summed E-state index contributed by atoms with van der Waals surface area (Å²) in [6.45, 7) is 1.88. The average molecular weight is 501 g/mol. The molecule has 5 aromatic rings. The van der Waals surface area contributed by atoms with Crippen LogP contribution in [-0.4, -0.2) is 37.8 Å². The molecule has 0 radical (unpaired) electrons. The van der Waals surface area contributed by atoms with Crippen LogP contribution < -0.4 is 15.4 Å². The Balaban J connectivity index is 1.42. The van der Waals surface area contributed by atoms with Gasteiger partial charge >= 0.3 is 0 Å². The van der Waals surface area contributed by atoms with Crippen molar-refractivity contribution >= 4 is 34.1 Å². The minimum atomic E-state index is -0.933. The van der Waals surface area contributed by atoms with Crippen molar-refractivity contribution in [3.8, 4) is 5.88 Å². The fourth-order valence-electron chi connectivity index (χ4n) is 3.83. The van der Waals surface area contributed by atoms with Gasteiger partial charge in [-0.15, -0.1) is 0 Å². The van der Waals surface area contributed by atoms with Gasteiger partial charge in [-0.05, 0) is 42.8 Å². The number of aromatic amines is 1. The number of rotatable bonds is 8. The zero-order valence-electron chi connectivity index (χ0n) is 19.8. The minimum Gasteiger partial charge on any atom is -0.481 e. The van der Waals surface area contributed by atoms with E-state index in [1.807, 2.05) is 6.92 Å². The second-order valence-corrected chi connectivity index (χ2v) is 8.14. The SMILES string of the molecule is COc1ccc(Nc2ccc(C(=O)c3c[nH]c4ncnc(N[C@@H](C)c5ccc(F)cc5)c34)c(F)n2)cn1. The molecule has 11 heteroatoms. The Morgan fingerprint density at radius 2 is 1.81 bits per heavy atom. The van der Waals surface area contributed by atoms with E-state index in [2.05, 4.69) is 35.6 Å². The monoisotopic (exact) mass is 501 g/mol. The topological polar surface area (TPSA) is 118 Å². The third-order valence-electron chi connectivity index (χ3n) is 5.75. The highest BCUT2D eigenvalue weighted by molar-refractivity contribution is 6.18. The van der Waals surface area contributed by atoms with Crippen LogP contribution in [0.2, 0.25) is 0 Å². The van der Waals surface area contributed by atoms with E-state index in [4.69, 9.17) is 4.74 Å². The molecule has 4 heterocycles. The van der Waals surface area contributed by atoms with Crippen LogP contribution in [0.25, 0.3) is 11.0 Å². The van der Waals surface area contributed by atoms with Crippen LogP contribution in [0.5, 0.6) is 5.88 Å². The van der Waals surface area contributed by atoms with E-state index in [-0.39, 0.29) is 28.8 Å². The Morgan fingerprint density at radius 1 is 1.00 bits per heavy atom. The van der Waals surface area contributed by atoms with Crippen LogP contribution in [-0.2, 0) is 0 Å².